The van der Waals surface area contributed by atoms with Crippen molar-refractivity contribution in [3.05, 3.63) is 41.6 Å². The van der Waals surface area contributed by atoms with Crippen LogP contribution < -0.4 is 16.4 Å². The number of hydrogen-bond donors (Lipinski definition) is 3. The van der Waals surface area contributed by atoms with Crippen LogP contribution in [0.15, 0.2) is 30.5 Å². The first kappa shape index (κ1) is 21.0. The van der Waals surface area contributed by atoms with E-state index in [-0.39, 0.29) is 12.0 Å². The Kier molecular flexibility index (Phi) is 5.47. The first-order valence-corrected chi connectivity index (χ1v) is 10.6. The van der Waals surface area contributed by atoms with E-state index in [1.165, 1.54) is 5.56 Å². The zero-order valence-electron chi connectivity index (χ0n) is 18.2. The quantitative estimate of drug-likeness (QED) is 0.644. The third kappa shape index (κ3) is 4.90. The number of carbonyl (C=O) groups is 2. The number of aromatic nitrogens is 1. The van der Waals surface area contributed by atoms with Crippen molar-refractivity contribution in [2.24, 2.45) is 0 Å². The van der Waals surface area contributed by atoms with Crippen LogP contribution in [0, 0.1) is 0 Å². The summed E-state index contributed by atoms with van der Waals surface area (Å²) in [5.74, 6) is 0.937. The highest BCUT2D eigenvalue weighted by atomic mass is 16.6. The Morgan fingerprint density at radius 1 is 1.26 bits per heavy atom. The number of amides is 2. The second-order valence-corrected chi connectivity index (χ2v) is 9.17. The molecule has 2 aliphatic rings. The molecule has 0 radical (unpaired) electrons. The predicted molar refractivity (Wildman–Crippen MR) is 120 cm³/mol. The molecule has 0 aliphatic carbocycles. The molecular formula is C23H29N5O3. The number of carbonyl (C=O) groups excluding carboxylic acids is 2. The Morgan fingerprint density at radius 3 is 2.68 bits per heavy atom. The van der Waals surface area contributed by atoms with E-state index in [0.29, 0.717) is 36.9 Å². The average molecular weight is 424 g/mol. The fourth-order valence-corrected chi connectivity index (χ4v) is 4.00. The summed E-state index contributed by atoms with van der Waals surface area (Å²) < 4.78 is 5.47. The Morgan fingerprint density at radius 2 is 2.00 bits per heavy atom. The molecule has 8 nitrogen and oxygen atoms in total. The van der Waals surface area contributed by atoms with E-state index in [1.807, 2.05) is 39.0 Å². The Balaban J connectivity index is 1.38. The molecule has 0 saturated carbocycles. The number of nitrogens with zero attached hydrogens (tertiary/aromatic N) is 2. The van der Waals surface area contributed by atoms with Crippen LogP contribution in [0.1, 0.15) is 50.7 Å². The van der Waals surface area contributed by atoms with E-state index in [1.54, 1.807) is 11.1 Å². The number of ether oxygens (including phenoxy) is 1. The van der Waals surface area contributed by atoms with Gasteiger partial charge in [0.25, 0.3) is 0 Å². The van der Waals surface area contributed by atoms with Crippen LogP contribution in [0.2, 0.25) is 0 Å². The van der Waals surface area contributed by atoms with Crippen molar-refractivity contribution < 1.29 is 14.3 Å². The Bertz CT molecular complexity index is 1010. The summed E-state index contributed by atoms with van der Waals surface area (Å²) in [4.78, 5) is 29.8. The SMILES string of the molecule is CC(C)(C)OC(=O)N1CCC(c2ccc(Nc3cnc4c(c3)CC(=O)N4)c(N)c2)CC1. The van der Waals surface area contributed by atoms with Gasteiger partial charge >= 0.3 is 6.09 Å². The van der Waals surface area contributed by atoms with Gasteiger partial charge in [-0.2, -0.15) is 0 Å². The van der Waals surface area contributed by atoms with Gasteiger partial charge in [0.2, 0.25) is 5.91 Å². The van der Waals surface area contributed by atoms with Gasteiger partial charge in [-0.3, -0.25) is 4.79 Å². The van der Waals surface area contributed by atoms with Crippen molar-refractivity contribution in [2.75, 3.05) is 29.5 Å². The van der Waals surface area contributed by atoms with E-state index < -0.39 is 5.60 Å². The molecule has 0 unspecified atom stereocenters. The van der Waals surface area contributed by atoms with Crippen LogP contribution in [0.3, 0.4) is 0 Å². The molecule has 8 heteroatoms. The largest absolute Gasteiger partial charge is 0.444 e. The van der Waals surface area contributed by atoms with E-state index >= 15 is 0 Å². The third-order valence-electron chi connectivity index (χ3n) is 5.55. The minimum absolute atomic E-state index is 0.0405. The Labute approximate surface area is 182 Å². The molecule has 4 N–H and O–H groups in total. The van der Waals surface area contributed by atoms with Crippen LogP contribution in [-0.2, 0) is 16.0 Å². The third-order valence-corrected chi connectivity index (χ3v) is 5.55. The summed E-state index contributed by atoms with van der Waals surface area (Å²) >= 11 is 0. The normalized spacial score (nSPS) is 16.6. The predicted octanol–water partition coefficient (Wildman–Crippen LogP) is 4.02. The van der Waals surface area contributed by atoms with Crippen molar-refractivity contribution in [2.45, 2.75) is 51.6 Å². The standard InChI is InChI=1S/C23H29N5O3/c1-23(2,3)31-22(30)28-8-6-14(7-9-28)15-4-5-19(18(24)11-15)26-17-10-16-12-20(29)27-21(16)25-13-17/h4-5,10-11,13-14,26H,6-9,12,24H2,1-3H3,(H,25,27,29). The van der Waals surface area contributed by atoms with Crippen LogP contribution in [0.5, 0.6) is 0 Å². The molecule has 1 aromatic heterocycles. The number of likely N-dealkylation sites (tertiary alicyclic amines) is 1. The molecule has 164 valence electrons. The topological polar surface area (TPSA) is 110 Å². The van der Waals surface area contributed by atoms with Crippen molar-refractivity contribution >= 4 is 34.9 Å². The second-order valence-electron chi connectivity index (χ2n) is 9.17. The number of pyridine rings is 1. The fourth-order valence-electron chi connectivity index (χ4n) is 4.00. The second kappa shape index (κ2) is 8.09. The van der Waals surface area contributed by atoms with Crippen molar-refractivity contribution in [3.63, 3.8) is 0 Å². The molecule has 2 aliphatic heterocycles. The molecule has 0 bridgehead atoms. The lowest BCUT2D eigenvalue weighted by Crippen LogP contribution is -2.41. The van der Waals surface area contributed by atoms with Crippen LogP contribution in [0.4, 0.5) is 27.7 Å². The highest BCUT2D eigenvalue weighted by molar-refractivity contribution is 5.98. The molecule has 2 amide bonds. The lowest BCUT2D eigenvalue weighted by Gasteiger charge is -2.33. The summed E-state index contributed by atoms with van der Waals surface area (Å²) in [6.45, 7) is 6.99. The number of nitrogens with two attached hydrogens (primary N) is 1. The summed E-state index contributed by atoms with van der Waals surface area (Å²) in [6.07, 6.45) is 3.53. The van der Waals surface area contributed by atoms with Gasteiger partial charge in [0, 0.05) is 18.7 Å². The first-order chi connectivity index (χ1) is 14.7. The number of anilines is 4. The number of piperidine rings is 1. The van der Waals surface area contributed by atoms with Gasteiger partial charge in [-0.1, -0.05) is 6.07 Å². The van der Waals surface area contributed by atoms with Gasteiger partial charge in [0.15, 0.2) is 0 Å². The summed E-state index contributed by atoms with van der Waals surface area (Å²) in [7, 11) is 0. The van der Waals surface area contributed by atoms with E-state index in [4.69, 9.17) is 10.5 Å². The number of rotatable bonds is 3. The maximum atomic E-state index is 12.3. The monoisotopic (exact) mass is 423 g/mol. The van der Waals surface area contributed by atoms with Crippen molar-refractivity contribution in [1.82, 2.24) is 9.88 Å². The van der Waals surface area contributed by atoms with Gasteiger partial charge in [0.05, 0.1) is 29.7 Å². The molecule has 31 heavy (non-hydrogen) atoms. The molecule has 1 saturated heterocycles. The minimum atomic E-state index is -0.481. The molecule has 2 aromatic rings. The molecule has 3 heterocycles. The molecule has 1 aromatic carbocycles. The first-order valence-electron chi connectivity index (χ1n) is 10.6. The molecule has 0 spiro atoms. The summed E-state index contributed by atoms with van der Waals surface area (Å²) in [5, 5.41) is 6.02. The van der Waals surface area contributed by atoms with Gasteiger partial charge in [-0.25, -0.2) is 9.78 Å². The smallest absolute Gasteiger partial charge is 0.410 e. The van der Waals surface area contributed by atoms with E-state index in [0.717, 1.165) is 29.8 Å². The number of nitrogen functional groups attached to an aromatic ring is 1. The van der Waals surface area contributed by atoms with E-state index in [9.17, 15) is 9.59 Å². The maximum absolute atomic E-state index is 12.3. The average Bonchev–Trinajstić information content (AvgIpc) is 3.07. The summed E-state index contributed by atoms with van der Waals surface area (Å²) in [6, 6.07) is 7.97. The van der Waals surface area contributed by atoms with Crippen LogP contribution in [-0.4, -0.2) is 40.6 Å². The van der Waals surface area contributed by atoms with Crippen LogP contribution in [0.25, 0.3) is 0 Å². The van der Waals surface area contributed by atoms with Gasteiger partial charge < -0.3 is 26.0 Å². The highest BCUT2D eigenvalue weighted by Gasteiger charge is 2.27. The van der Waals surface area contributed by atoms with Crippen molar-refractivity contribution in [1.29, 1.82) is 0 Å². The summed E-state index contributed by atoms with van der Waals surface area (Å²) in [5.41, 5.74) is 10.1. The molecule has 0 atom stereocenters. The van der Waals surface area contributed by atoms with Gasteiger partial charge in [-0.05, 0) is 63.3 Å². The van der Waals surface area contributed by atoms with E-state index in [2.05, 4.69) is 21.7 Å². The fraction of sp³-hybridized carbons (Fsp3) is 0.435. The van der Waals surface area contributed by atoms with Gasteiger partial charge in [0.1, 0.15) is 11.4 Å². The highest BCUT2D eigenvalue weighted by Crippen LogP contribution is 2.33. The molecule has 4 rings (SSSR count). The lowest BCUT2D eigenvalue weighted by atomic mass is 9.89. The van der Waals surface area contributed by atoms with Crippen molar-refractivity contribution in [3.8, 4) is 0 Å². The maximum Gasteiger partial charge on any atom is 0.410 e. The lowest BCUT2D eigenvalue weighted by molar-refractivity contribution is -0.115. The molecule has 1 fully saturated rings. The minimum Gasteiger partial charge on any atom is -0.444 e. The van der Waals surface area contributed by atoms with Crippen LogP contribution >= 0.6 is 0 Å². The zero-order valence-corrected chi connectivity index (χ0v) is 18.2. The number of benzene rings is 1. The number of fused-ring (bicyclic) bond motifs is 1. The number of hydrogen-bond acceptors (Lipinski definition) is 6. The van der Waals surface area contributed by atoms with Gasteiger partial charge in [-0.15, -0.1) is 0 Å². The zero-order chi connectivity index (χ0) is 22.2. The molecular weight excluding hydrogens is 394 g/mol. The Hall–Kier alpha value is -3.29. The number of nitrogens with one attached hydrogen (secondary N) is 2.